The zero-order chi connectivity index (χ0) is 8.97. The summed E-state index contributed by atoms with van der Waals surface area (Å²) in [5.74, 6) is 0. The minimum absolute atomic E-state index is 1.11. The van der Waals surface area contributed by atoms with E-state index in [1.807, 2.05) is 6.20 Å². The largest absolute Gasteiger partial charge is 0.261 e. The normalized spacial score (nSPS) is 10.2. The fourth-order valence-electron chi connectivity index (χ4n) is 1.58. The van der Waals surface area contributed by atoms with Gasteiger partial charge in [0.05, 0.1) is 0 Å². The van der Waals surface area contributed by atoms with E-state index in [-0.39, 0.29) is 0 Å². The highest BCUT2D eigenvalue weighted by molar-refractivity contribution is 5.28. The minimum Gasteiger partial charge on any atom is -0.261 e. The van der Waals surface area contributed by atoms with Gasteiger partial charge in [-0.05, 0) is 37.0 Å². The molecule has 0 saturated heterocycles. The lowest BCUT2D eigenvalue weighted by atomic mass is 10.0. The van der Waals surface area contributed by atoms with Crippen molar-refractivity contribution in [1.29, 1.82) is 0 Å². The average Bonchev–Trinajstić information content (AvgIpc) is 2.05. The zero-order valence-electron chi connectivity index (χ0n) is 8.22. The van der Waals surface area contributed by atoms with E-state index in [0.717, 1.165) is 12.8 Å². The molecule has 1 aromatic rings. The predicted octanol–water partition coefficient (Wildman–Crippen LogP) is 2.90. The summed E-state index contributed by atoms with van der Waals surface area (Å²) >= 11 is 0. The van der Waals surface area contributed by atoms with Crippen LogP contribution in [0, 0.1) is 6.92 Å². The molecule has 0 aliphatic heterocycles. The maximum absolute atomic E-state index is 4.40. The topological polar surface area (TPSA) is 12.9 Å². The SMILES string of the molecule is CCCc1nccc(C)c1CC. The fraction of sp³-hybridized carbons (Fsp3) is 0.545. The van der Waals surface area contributed by atoms with E-state index >= 15 is 0 Å². The molecule has 0 aliphatic carbocycles. The van der Waals surface area contributed by atoms with Gasteiger partial charge in [0, 0.05) is 11.9 Å². The van der Waals surface area contributed by atoms with Crippen molar-refractivity contribution >= 4 is 0 Å². The molecule has 0 bridgehead atoms. The molecule has 1 rings (SSSR count). The van der Waals surface area contributed by atoms with Crippen molar-refractivity contribution in [2.45, 2.75) is 40.0 Å². The van der Waals surface area contributed by atoms with Crippen LogP contribution in [-0.4, -0.2) is 4.98 Å². The van der Waals surface area contributed by atoms with Crippen molar-refractivity contribution in [3.8, 4) is 0 Å². The molecule has 1 heteroatoms. The monoisotopic (exact) mass is 163 g/mol. The van der Waals surface area contributed by atoms with Crippen LogP contribution in [0.15, 0.2) is 12.3 Å². The molecule has 0 spiro atoms. The third kappa shape index (κ3) is 1.84. The Morgan fingerprint density at radius 2 is 2.08 bits per heavy atom. The highest BCUT2D eigenvalue weighted by atomic mass is 14.7. The maximum atomic E-state index is 4.40. The Kier molecular flexibility index (Phi) is 3.27. The number of pyridine rings is 1. The first kappa shape index (κ1) is 9.24. The summed E-state index contributed by atoms with van der Waals surface area (Å²) in [7, 11) is 0. The number of aryl methyl sites for hydroxylation is 2. The van der Waals surface area contributed by atoms with Crippen LogP contribution >= 0.6 is 0 Å². The summed E-state index contributed by atoms with van der Waals surface area (Å²) in [6.45, 7) is 6.56. The van der Waals surface area contributed by atoms with Gasteiger partial charge in [-0.25, -0.2) is 0 Å². The van der Waals surface area contributed by atoms with Crippen LogP contribution in [0.1, 0.15) is 37.1 Å². The summed E-state index contributed by atoms with van der Waals surface area (Å²) in [6, 6.07) is 2.10. The number of hydrogen-bond donors (Lipinski definition) is 0. The summed E-state index contributed by atoms with van der Waals surface area (Å²) in [6.07, 6.45) is 5.32. The lowest BCUT2D eigenvalue weighted by Gasteiger charge is -2.07. The number of rotatable bonds is 3. The van der Waals surface area contributed by atoms with Gasteiger partial charge in [-0.2, -0.15) is 0 Å². The second kappa shape index (κ2) is 4.24. The van der Waals surface area contributed by atoms with Crippen molar-refractivity contribution in [1.82, 2.24) is 4.98 Å². The molecule has 1 aromatic heterocycles. The molecular formula is C11H17N. The molecular weight excluding hydrogens is 146 g/mol. The molecule has 0 fully saturated rings. The van der Waals surface area contributed by atoms with Crippen LogP contribution in [-0.2, 0) is 12.8 Å². The Bertz CT molecular complexity index is 253. The highest BCUT2D eigenvalue weighted by Crippen LogP contribution is 2.13. The summed E-state index contributed by atoms with van der Waals surface area (Å²) in [4.78, 5) is 4.40. The maximum Gasteiger partial charge on any atom is 0.0437 e. The Hall–Kier alpha value is -0.850. The van der Waals surface area contributed by atoms with Gasteiger partial charge in [-0.3, -0.25) is 4.98 Å². The standard InChI is InChI=1S/C11H17N/c1-4-6-11-10(5-2)9(3)7-8-12-11/h7-8H,4-6H2,1-3H3. The van der Waals surface area contributed by atoms with Crippen LogP contribution < -0.4 is 0 Å². The van der Waals surface area contributed by atoms with Crippen molar-refractivity contribution < 1.29 is 0 Å². The highest BCUT2D eigenvalue weighted by Gasteiger charge is 2.02. The molecule has 1 heterocycles. The molecule has 0 amide bonds. The van der Waals surface area contributed by atoms with E-state index in [1.54, 1.807) is 0 Å². The van der Waals surface area contributed by atoms with Crippen molar-refractivity contribution in [2.75, 3.05) is 0 Å². The van der Waals surface area contributed by atoms with E-state index in [2.05, 4.69) is 31.8 Å². The van der Waals surface area contributed by atoms with E-state index in [0.29, 0.717) is 0 Å². The van der Waals surface area contributed by atoms with Crippen LogP contribution in [0.25, 0.3) is 0 Å². The quantitative estimate of drug-likeness (QED) is 0.667. The first-order valence-electron chi connectivity index (χ1n) is 4.73. The van der Waals surface area contributed by atoms with Crippen molar-refractivity contribution in [3.63, 3.8) is 0 Å². The first-order valence-corrected chi connectivity index (χ1v) is 4.73. The summed E-state index contributed by atoms with van der Waals surface area (Å²) in [5.41, 5.74) is 4.12. The molecule has 0 aromatic carbocycles. The number of nitrogens with zero attached hydrogens (tertiary/aromatic N) is 1. The molecule has 0 saturated carbocycles. The average molecular weight is 163 g/mol. The van der Waals surface area contributed by atoms with Crippen LogP contribution in [0.3, 0.4) is 0 Å². The van der Waals surface area contributed by atoms with Gasteiger partial charge in [0.1, 0.15) is 0 Å². The van der Waals surface area contributed by atoms with Gasteiger partial charge >= 0.3 is 0 Å². The zero-order valence-corrected chi connectivity index (χ0v) is 8.22. The van der Waals surface area contributed by atoms with E-state index in [9.17, 15) is 0 Å². The fourth-order valence-corrected chi connectivity index (χ4v) is 1.58. The van der Waals surface area contributed by atoms with Crippen LogP contribution in [0.2, 0.25) is 0 Å². The Balaban J connectivity index is 3.00. The lowest BCUT2D eigenvalue weighted by Crippen LogP contribution is -1.98. The molecule has 0 atom stereocenters. The Morgan fingerprint density at radius 3 is 2.67 bits per heavy atom. The van der Waals surface area contributed by atoms with Crippen molar-refractivity contribution in [2.24, 2.45) is 0 Å². The lowest BCUT2D eigenvalue weighted by molar-refractivity contribution is 0.852. The Labute approximate surface area is 74.8 Å². The molecule has 0 N–H and O–H groups in total. The summed E-state index contributed by atoms with van der Waals surface area (Å²) < 4.78 is 0. The van der Waals surface area contributed by atoms with Gasteiger partial charge in [0.2, 0.25) is 0 Å². The molecule has 1 nitrogen and oxygen atoms in total. The second-order valence-corrected chi connectivity index (χ2v) is 3.16. The third-order valence-electron chi connectivity index (χ3n) is 2.22. The molecule has 0 aliphatic rings. The van der Waals surface area contributed by atoms with E-state index in [4.69, 9.17) is 0 Å². The molecule has 66 valence electrons. The minimum atomic E-state index is 1.11. The van der Waals surface area contributed by atoms with Gasteiger partial charge in [0.15, 0.2) is 0 Å². The first-order chi connectivity index (χ1) is 5.79. The van der Waals surface area contributed by atoms with E-state index in [1.165, 1.54) is 23.2 Å². The molecule has 12 heavy (non-hydrogen) atoms. The number of hydrogen-bond acceptors (Lipinski definition) is 1. The third-order valence-corrected chi connectivity index (χ3v) is 2.22. The second-order valence-electron chi connectivity index (χ2n) is 3.16. The molecule has 0 radical (unpaired) electrons. The molecule has 0 unspecified atom stereocenters. The van der Waals surface area contributed by atoms with Gasteiger partial charge in [0.25, 0.3) is 0 Å². The van der Waals surface area contributed by atoms with Gasteiger partial charge in [-0.15, -0.1) is 0 Å². The van der Waals surface area contributed by atoms with Gasteiger partial charge < -0.3 is 0 Å². The van der Waals surface area contributed by atoms with Crippen LogP contribution in [0.5, 0.6) is 0 Å². The summed E-state index contributed by atoms with van der Waals surface area (Å²) in [5, 5.41) is 0. The smallest absolute Gasteiger partial charge is 0.0437 e. The Morgan fingerprint density at radius 1 is 1.33 bits per heavy atom. The van der Waals surface area contributed by atoms with Crippen molar-refractivity contribution in [3.05, 3.63) is 29.1 Å². The van der Waals surface area contributed by atoms with Gasteiger partial charge in [-0.1, -0.05) is 20.3 Å². The van der Waals surface area contributed by atoms with E-state index < -0.39 is 0 Å². The van der Waals surface area contributed by atoms with Crippen LogP contribution in [0.4, 0.5) is 0 Å². The predicted molar refractivity (Wildman–Crippen MR) is 52.3 cm³/mol. The number of aromatic nitrogens is 1.